The van der Waals surface area contributed by atoms with Gasteiger partial charge in [0.2, 0.25) is 0 Å². The first-order valence-electron chi connectivity index (χ1n) is 4.31. The van der Waals surface area contributed by atoms with Crippen LogP contribution in [0.3, 0.4) is 0 Å². The highest BCUT2D eigenvalue weighted by Gasteiger charge is 2.53. The van der Waals surface area contributed by atoms with Crippen LogP contribution in [0.15, 0.2) is 11.7 Å². The van der Waals surface area contributed by atoms with Crippen molar-refractivity contribution in [2.75, 3.05) is 0 Å². The second-order valence-electron chi connectivity index (χ2n) is 3.81. The zero-order valence-corrected chi connectivity index (χ0v) is 10.7. The fraction of sp³-hybridized carbons (Fsp3) is 0.625. The summed E-state index contributed by atoms with van der Waals surface area (Å²) < 4.78 is 10.9. The van der Waals surface area contributed by atoms with E-state index in [1.807, 2.05) is 20.8 Å². The highest BCUT2D eigenvalue weighted by molar-refractivity contribution is 14.1. The van der Waals surface area contributed by atoms with Gasteiger partial charge in [0.1, 0.15) is 3.61 Å². The van der Waals surface area contributed by atoms with E-state index >= 15 is 0 Å². The number of alkyl halides is 1. The van der Waals surface area contributed by atoms with Gasteiger partial charge in [-0.05, 0) is 49.6 Å². The zero-order chi connectivity index (χ0) is 11.0. The largest absolute Gasteiger partial charge is 0.498 e. The van der Waals surface area contributed by atoms with Gasteiger partial charge in [-0.3, -0.25) is 0 Å². The Morgan fingerprint density at radius 2 is 2.00 bits per heavy atom. The van der Waals surface area contributed by atoms with E-state index in [0.29, 0.717) is 5.47 Å². The lowest BCUT2D eigenvalue weighted by Crippen LogP contribution is -2.38. The van der Waals surface area contributed by atoms with E-state index in [1.54, 1.807) is 0 Å². The second-order valence-corrected chi connectivity index (χ2v) is 5.86. The Balaban J connectivity index is 2.88. The van der Waals surface area contributed by atoms with Gasteiger partial charge in [0, 0.05) is 11.7 Å². The lowest BCUT2D eigenvalue weighted by atomic mass is 9.80. The number of halogens is 1. The Morgan fingerprint density at radius 1 is 1.43 bits per heavy atom. The Labute approximate surface area is 98.0 Å². The molecule has 0 aromatic rings. The van der Waals surface area contributed by atoms with Gasteiger partial charge in [0.15, 0.2) is 0 Å². The van der Waals surface area contributed by atoms with E-state index < -0.39 is 16.3 Å². The fourth-order valence-electron chi connectivity index (χ4n) is 1.07. The summed E-state index contributed by atoms with van der Waals surface area (Å²) in [7, 11) is -0.533. The molecule has 1 atom stereocenters. The molecule has 0 radical (unpaired) electrons. The molecule has 0 saturated carbocycles. The van der Waals surface area contributed by atoms with Crippen molar-refractivity contribution < 1.29 is 9.31 Å². The summed E-state index contributed by atoms with van der Waals surface area (Å²) >= 11 is 2.20. The molecule has 0 spiro atoms. The molecule has 1 unspecified atom stereocenters. The molecule has 14 heavy (non-hydrogen) atoms. The molecule has 6 heteroatoms. The van der Waals surface area contributed by atoms with Crippen LogP contribution in [0.25, 0.3) is 0 Å². The van der Waals surface area contributed by atoms with Crippen LogP contribution in [0.1, 0.15) is 20.8 Å². The van der Waals surface area contributed by atoms with Gasteiger partial charge in [-0.2, -0.15) is 0 Å². The molecule has 1 aliphatic rings. The number of hydrogen-bond acceptors (Lipinski definition) is 4. The molecule has 1 fully saturated rings. The molecule has 1 rings (SSSR count). The third-order valence-corrected chi connectivity index (χ3v) is 3.99. The van der Waals surface area contributed by atoms with Crippen molar-refractivity contribution in [1.29, 1.82) is 5.41 Å². The summed E-state index contributed by atoms with van der Waals surface area (Å²) in [6.45, 7) is 5.86. The summed E-state index contributed by atoms with van der Waals surface area (Å²) in [6, 6.07) is 0. The van der Waals surface area contributed by atoms with E-state index in [-0.39, 0.29) is 0 Å². The summed E-state index contributed by atoms with van der Waals surface area (Å²) in [5, 5.41) is 7.15. The van der Waals surface area contributed by atoms with Crippen molar-refractivity contribution in [1.82, 2.24) is 0 Å². The highest BCUT2D eigenvalue weighted by Crippen LogP contribution is 2.43. The van der Waals surface area contributed by atoms with Crippen LogP contribution >= 0.6 is 22.6 Å². The van der Waals surface area contributed by atoms with Gasteiger partial charge in [-0.15, -0.1) is 0 Å². The molecule has 1 heterocycles. The van der Waals surface area contributed by atoms with Crippen molar-refractivity contribution >= 4 is 35.9 Å². The monoisotopic (exact) mass is 308 g/mol. The molecule has 0 amide bonds. The minimum atomic E-state index is -0.533. The predicted molar refractivity (Wildman–Crippen MR) is 65.5 cm³/mol. The maximum absolute atomic E-state index is 7.15. The van der Waals surface area contributed by atoms with Gasteiger partial charge in [0.05, 0.1) is 5.60 Å². The smallest absolute Gasteiger partial charge is 0.405 e. The van der Waals surface area contributed by atoms with Crippen LogP contribution in [0.2, 0.25) is 0 Å². The molecule has 0 aromatic carbocycles. The molecule has 0 aliphatic carbocycles. The molecular weight excluding hydrogens is 294 g/mol. The van der Waals surface area contributed by atoms with Gasteiger partial charge in [-0.1, -0.05) is 0 Å². The van der Waals surface area contributed by atoms with Crippen LogP contribution in [-0.4, -0.2) is 22.5 Å². The van der Waals surface area contributed by atoms with Crippen molar-refractivity contribution in [3.05, 3.63) is 11.7 Å². The second kappa shape index (κ2) is 3.82. The number of nitrogens with two attached hydrogens (primary N) is 1. The summed E-state index contributed by atoms with van der Waals surface area (Å²) in [5.41, 5.74) is 5.51. The average molecular weight is 308 g/mol. The quantitative estimate of drug-likeness (QED) is 0.351. The fourth-order valence-corrected chi connectivity index (χ4v) is 1.43. The zero-order valence-electron chi connectivity index (χ0n) is 8.50. The molecular formula is C8H14BIN2O2. The summed E-state index contributed by atoms with van der Waals surface area (Å²) in [6.07, 6.45) is 2.49. The Hall–Kier alpha value is -0.0751. The molecule has 78 valence electrons. The van der Waals surface area contributed by atoms with E-state index in [0.717, 1.165) is 6.21 Å². The first-order valence-corrected chi connectivity index (χ1v) is 5.39. The molecule has 0 aromatic heterocycles. The van der Waals surface area contributed by atoms with E-state index in [9.17, 15) is 0 Å². The first-order chi connectivity index (χ1) is 6.34. The van der Waals surface area contributed by atoms with Gasteiger partial charge >= 0.3 is 7.12 Å². The maximum Gasteiger partial charge on any atom is 0.498 e. The molecule has 1 aliphatic heterocycles. The van der Waals surface area contributed by atoms with Crippen molar-refractivity contribution in [3.8, 4) is 0 Å². The molecule has 0 bridgehead atoms. The average Bonchev–Trinajstić information content (AvgIpc) is 2.23. The van der Waals surface area contributed by atoms with Crippen LogP contribution in [0, 0.1) is 5.41 Å². The summed E-state index contributed by atoms with van der Waals surface area (Å²) in [5.74, 6) is 0. The number of hydrogen-bond donors (Lipinski definition) is 2. The third kappa shape index (κ3) is 1.96. The van der Waals surface area contributed by atoms with Gasteiger partial charge < -0.3 is 20.5 Å². The predicted octanol–water partition coefficient (Wildman–Crippen LogP) is 1.48. The Morgan fingerprint density at radius 3 is 2.29 bits per heavy atom. The normalized spacial score (nSPS) is 32.0. The van der Waals surface area contributed by atoms with Crippen LogP contribution < -0.4 is 5.73 Å². The summed E-state index contributed by atoms with van der Waals surface area (Å²) in [4.78, 5) is 0. The molecule has 3 N–H and O–H groups in total. The van der Waals surface area contributed by atoms with Crippen molar-refractivity contribution in [2.24, 2.45) is 5.73 Å². The minimum absolute atomic E-state index is 0.393. The number of rotatable bonds is 2. The van der Waals surface area contributed by atoms with Crippen LogP contribution in [-0.2, 0) is 9.31 Å². The highest BCUT2D eigenvalue weighted by atomic mass is 127. The maximum atomic E-state index is 7.15. The topological polar surface area (TPSA) is 68.3 Å². The van der Waals surface area contributed by atoms with E-state index in [2.05, 4.69) is 22.6 Å². The molecule has 1 saturated heterocycles. The number of allylic oxidation sites excluding steroid dienone is 1. The van der Waals surface area contributed by atoms with Gasteiger partial charge in [-0.25, -0.2) is 0 Å². The standard InChI is InChI=1S/C8H14BIN2O2/c1-7(2)8(3,10)14-9(13-7)6(4-11)5-12/h4-5,11H,12H2,1-3H3/b6-5+,11-4?. The lowest BCUT2D eigenvalue weighted by molar-refractivity contribution is 0.0725. The van der Waals surface area contributed by atoms with Crippen LogP contribution in [0.4, 0.5) is 0 Å². The van der Waals surface area contributed by atoms with Crippen molar-refractivity contribution in [3.63, 3.8) is 0 Å². The van der Waals surface area contributed by atoms with E-state index in [1.165, 1.54) is 6.20 Å². The van der Waals surface area contributed by atoms with Crippen molar-refractivity contribution in [2.45, 2.75) is 30.0 Å². The third-order valence-electron chi connectivity index (χ3n) is 2.44. The lowest BCUT2D eigenvalue weighted by Gasteiger charge is -2.30. The number of nitrogens with one attached hydrogen (secondary N) is 1. The van der Waals surface area contributed by atoms with Gasteiger partial charge in [0.25, 0.3) is 0 Å². The SMILES string of the molecule is CC1(C)OB(/C(C=N)=C/N)OC1(C)I. The van der Waals surface area contributed by atoms with Crippen LogP contribution in [0.5, 0.6) is 0 Å². The Kier molecular flexibility index (Phi) is 3.28. The minimum Gasteiger partial charge on any atom is -0.405 e. The molecule has 4 nitrogen and oxygen atoms in total. The van der Waals surface area contributed by atoms with E-state index in [4.69, 9.17) is 20.5 Å². The first kappa shape index (κ1) is 12.0. The Bertz CT molecular complexity index is 263.